The molecule has 0 unspecified atom stereocenters. The number of nitrogens with zero attached hydrogens (tertiary/aromatic N) is 3. The summed E-state index contributed by atoms with van der Waals surface area (Å²) in [6, 6.07) is 13.9. The van der Waals surface area contributed by atoms with Crippen LogP contribution in [-0.2, 0) is 14.8 Å². The van der Waals surface area contributed by atoms with Crippen LogP contribution in [0.1, 0.15) is 17.0 Å². The van der Waals surface area contributed by atoms with E-state index in [9.17, 15) is 13.2 Å². The first kappa shape index (κ1) is 25.6. The molecule has 2 aromatic carbocycles. The van der Waals surface area contributed by atoms with Gasteiger partial charge in [-0.05, 0) is 50.2 Å². The summed E-state index contributed by atoms with van der Waals surface area (Å²) in [4.78, 5) is 12.5. The number of ether oxygens (including phenoxy) is 1. The van der Waals surface area contributed by atoms with Gasteiger partial charge in [-0.1, -0.05) is 35.3 Å². The molecule has 0 fully saturated rings. The monoisotopic (exact) mass is 522 g/mol. The molecular weight excluding hydrogens is 499 g/mol. The third-order valence-corrected chi connectivity index (χ3v) is 6.73. The zero-order valence-electron chi connectivity index (χ0n) is 19.0. The number of sulfonamides is 1. The molecule has 8 nitrogen and oxygen atoms in total. The standard InChI is InChI=1S/C23H24Cl2N4O4S/c1-15-11-17(16(2)29(15)20-8-6-5-7-19(20)25)13-26-27-23(30)14-28(34(4,31)32)21-12-18(24)9-10-22(21)33-3/h5-13H,14H2,1-4H3,(H,27,30)/b26-13-. The molecule has 0 radical (unpaired) electrons. The summed E-state index contributed by atoms with van der Waals surface area (Å²) >= 11 is 12.4. The number of rotatable bonds is 8. The van der Waals surface area contributed by atoms with Crippen LogP contribution in [-0.4, -0.2) is 45.0 Å². The van der Waals surface area contributed by atoms with Gasteiger partial charge in [0.05, 0.1) is 36.0 Å². The van der Waals surface area contributed by atoms with Crippen molar-refractivity contribution < 1.29 is 17.9 Å². The van der Waals surface area contributed by atoms with E-state index in [1.165, 1.54) is 25.5 Å². The fourth-order valence-corrected chi connectivity index (χ4v) is 4.74. The lowest BCUT2D eigenvalue weighted by molar-refractivity contribution is -0.119. The molecule has 11 heteroatoms. The predicted octanol–water partition coefficient (Wildman–Crippen LogP) is 4.33. The Hall–Kier alpha value is -3.01. The number of methoxy groups -OCH3 is 1. The van der Waals surface area contributed by atoms with Crippen LogP contribution in [0.4, 0.5) is 5.69 Å². The van der Waals surface area contributed by atoms with Gasteiger partial charge in [-0.3, -0.25) is 9.10 Å². The number of aryl methyl sites for hydroxylation is 1. The Labute approximate surface area is 208 Å². The average Bonchev–Trinajstić information content (AvgIpc) is 3.04. The maximum absolute atomic E-state index is 12.5. The third-order valence-electron chi connectivity index (χ3n) is 5.05. The first-order valence-electron chi connectivity index (χ1n) is 10.1. The average molecular weight is 523 g/mol. The van der Waals surface area contributed by atoms with E-state index in [2.05, 4.69) is 10.5 Å². The van der Waals surface area contributed by atoms with Gasteiger partial charge >= 0.3 is 0 Å². The second kappa shape index (κ2) is 10.5. The van der Waals surface area contributed by atoms with E-state index in [4.69, 9.17) is 27.9 Å². The molecule has 0 saturated carbocycles. The fraction of sp³-hybridized carbons (Fsp3) is 0.217. The first-order valence-corrected chi connectivity index (χ1v) is 12.7. The number of hydrogen-bond donors (Lipinski definition) is 1. The summed E-state index contributed by atoms with van der Waals surface area (Å²) in [7, 11) is -2.42. The fourth-order valence-electron chi connectivity index (χ4n) is 3.50. The molecule has 1 amide bonds. The van der Waals surface area contributed by atoms with Crippen molar-refractivity contribution in [2.75, 3.05) is 24.2 Å². The molecule has 34 heavy (non-hydrogen) atoms. The molecule has 1 N–H and O–H groups in total. The van der Waals surface area contributed by atoms with Crippen molar-refractivity contribution in [1.29, 1.82) is 0 Å². The smallest absolute Gasteiger partial charge is 0.260 e. The van der Waals surface area contributed by atoms with Gasteiger partial charge in [0.2, 0.25) is 10.0 Å². The van der Waals surface area contributed by atoms with Crippen LogP contribution >= 0.6 is 23.2 Å². The SMILES string of the molecule is COc1ccc(Cl)cc1N(CC(=O)N/N=C\c1cc(C)n(-c2ccccc2Cl)c1C)S(C)(=O)=O. The lowest BCUT2D eigenvalue weighted by Crippen LogP contribution is -2.39. The Morgan fingerprint density at radius 2 is 1.88 bits per heavy atom. The van der Waals surface area contributed by atoms with Crippen molar-refractivity contribution in [1.82, 2.24) is 9.99 Å². The second-order valence-corrected chi connectivity index (χ2v) is 10.2. The highest BCUT2D eigenvalue weighted by Gasteiger charge is 2.24. The number of nitrogens with one attached hydrogen (secondary N) is 1. The Balaban J connectivity index is 1.79. The molecule has 0 aliphatic carbocycles. The molecule has 1 heterocycles. The quantitative estimate of drug-likeness (QED) is 0.352. The predicted molar refractivity (Wildman–Crippen MR) is 136 cm³/mol. The van der Waals surface area contributed by atoms with Crippen molar-refractivity contribution in [3.05, 3.63) is 75.5 Å². The van der Waals surface area contributed by atoms with Gasteiger partial charge in [-0.2, -0.15) is 5.10 Å². The van der Waals surface area contributed by atoms with Crippen molar-refractivity contribution in [3.8, 4) is 11.4 Å². The van der Waals surface area contributed by atoms with E-state index >= 15 is 0 Å². The van der Waals surface area contributed by atoms with E-state index in [0.29, 0.717) is 10.0 Å². The van der Waals surface area contributed by atoms with Crippen LogP contribution in [0.5, 0.6) is 5.75 Å². The van der Waals surface area contributed by atoms with Crippen LogP contribution in [0.25, 0.3) is 5.69 Å². The van der Waals surface area contributed by atoms with Gasteiger partial charge in [-0.15, -0.1) is 0 Å². The number of hydrazone groups is 1. The minimum absolute atomic E-state index is 0.153. The summed E-state index contributed by atoms with van der Waals surface area (Å²) in [6.45, 7) is 3.34. The maximum atomic E-state index is 12.5. The van der Waals surface area contributed by atoms with E-state index in [0.717, 1.165) is 33.2 Å². The molecule has 3 rings (SSSR count). The van der Waals surface area contributed by atoms with Crippen LogP contribution in [0, 0.1) is 13.8 Å². The van der Waals surface area contributed by atoms with Gasteiger partial charge in [0.1, 0.15) is 12.3 Å². The highest BCUT2D eigenvalue weighted by molar-refractivity contribution is 7.92. The van der Waals surface area contributed by atoms with Crippen LogP contribution in [0.15, 0.2) is 53.6 Å². The highest BCUT2D eigenvalue weighted by atomic mass is 35.5. The van der Waals surface area contributed by atoms with Crippen LogP contribution in [0.2, 0.25) is 10.0 Å². The van der Waals surface area contributed by atoms with Crippen molar-refractivity contribution in [3.63, 3.8) is 0 Å². The summed E-state index contributed by atoms with van der Waals surface area (Å²) in [5, 5.41) is 4.92. The van der Waals surface area contributed by atoms with Crippen LogP contribution in [0.3, 0.4) is 0 Å². The highest BCUT2D eigenvalue weighted by Crippen LogP contribution is 2.32. The first-order chi connectivity index (χ1) is 16.0. The van der Waals surface area contributed by atoms with E-state index in [1.54, 1.807) is 6.07 Å². The van der Waals surface area contributed by atoms with Gasteiger partial charge in [0, 0.05) is 22.0 Å². The van der Waals surface area contributed by atoms with E-state index in [-0.39, 0.29) is 11.4 Å². The topological polar surface area (TPSA) is 93.0 Å². The number of hydrogen-bond acceptors (Lipinski definition) is 5. The van der Waals surface area contributed by atoms with Gasteiger partial charge in [0.25, 0.3) is 5.91 Å². The number of halogens is 2. The Morgan fingerprint density at radius 3 is 2.53 bits per heavy atom. The molecule has 0 atom stereocenters. The number of benzene rings is 2. The molecule has 0 saturated heterocycles. The molecular formula is C23H24Cl2N4O4S. The number of para-hydroxylation sites is 1. The Bertz CT molecular complexity index is 1350. The number of anilines is 1. The Morgan fingerprint density at radius 1 is 1.18 bits per heavy atom. The van der Waals surface area contributed by atoms with Gasteiger partial charge in [-0.25, -0.2) is 13.8 Å². The lowest BCUT2D eigenvalue weighted by Gasteiger charge is -2.23. The number of carbonyl (C=O) groups is 1. The lowest BCUT2D eigenvalue weighted by atomic mass is 10.2. The number of aromatic nitrogens is 1. The molecule has 0 bridgehead atoms. The molecule has 0 spiro atoms. The molecule has 0 aliphatic rings. The normalized spacial score (nSPS) is 11.6. The molecule has 0 aliphatic heterocycles. The van der Waals surface area contributed by atoms with Crippen molar-refractivity contribution in [2.24, 2.45) is 5.10 Å². The number of carbonyl (C=O) groups excluding carboxylic acids is 1. The largest absolute Gasteiger partial charge is 0.495 e. The summed E-state index contributed by atoms with van der Waals surface area (Å²) in [6.07, 6.45) is 2.49. The molecule has 1 aromatic heterocycles. The maximum Gasteiger partial charge on any atom is 0.260 e. The minimum atomic E-state index is -3.82. The number of amides is 1. The summed E-state index contributed by atoms with van der Waals surface area (Å²) in [5.74, 6) is -0.373. The van der Waals surface area contributed by atoms with E-state index < -0.39 is 22.5 Å². The van der Waals surface area contributed by atoms with Gasteiger partial charge in [0.15, 0.2) is 0 Å². The van der Waals surface area contributed by atoms with Gasteiger partial charge < -0.3 is 9.30 Å². The minimum Gasteiger partial charge on any atom is -0.495 e. The van der Waals surface area contributed by atoms with Crippen molar-refractivity contribution >= 4 is 51.0 Å². The summed E-state index contributed by atoms with van der Waals surface area (Å²) < 4.78 is 32.9. The molecule has 180 valence electrons. The zero-order chi connectivity index (χ0) is 25.0. The summed E-state index contributed by atoms with van der Waals surface area (Å²) in [5.41, 5.74) is 5.96. The second-order valence-electron chi connectivity index (χ2n) is 7.49. The van der Waals surface area contributed by atoms with Crippen LogP contribution < -0.4 is 14.5 Å². The Kier molecular flexibility index (Phi) is 7.91. The van der Waals surface area contributed by atoms with Crippen molar-refractivity contribution in [2.45, 2.75) is 13.8 Å². The molecule has 3 aromatic rings. The third kappa shape index (κ3) is 5.72. The zero-order valence-corrected chi connectivity index (χ0v) is 21.4. The van der Waals surface area contributed by atoms with E-state index in [1.807, 2.05) is 48.7 Å².